The molecule has 96 valence electrons. The van der Waals surface area contributed by atoms with Crippen LogP contribution in [0, 0.1) is 0 Å². The lowest BCUT2D eigenvalue weighted by molar-refractivity contribution is -0.136. The van der Waals surface area contributed by atoms with Gasteiger partial charge in [-0.2, -0.15) is 0 Å². The van der Waals surface area contributed by atoms with Gasteiger partial charge in [0.2, 0.25) is 0 Å². The van der Waals surface area contributed by atoms with E-state index in [4.69, 9.17) is 5.11 Å². The minimum Gasteiger partial charge on any atom is -0.480 e. The van der Waals surface area contributed by atoms with Gasteiger partial charge in [-0.1, -0.05) is 27.7 Å². The molecule has 1 unspecified atom stereocenters. The summed E-state index contributed by atoms with van der Waals surface area (Å²) in [5, 5.41) is 11.8. The van der Waals surface area contributed by atoms with E-state index in [1.54, 1.807) is 11.3 Å². The highest BCUT2D eigenvalue weighted by Gasteiger charge is 2.19. The van der Waals surface area contributed by atoms with Gasteiger partial charge in [-0.15, -0.1) is 23.1 Å². The zero-order chi connectivity index (χ0) is 13.1. The highest BCUT2D eigenvalue weighted by molar-refractivity contribution is 7.99. The van der Waals surface area contributed by atoms with Gasteiger partial charge in [-0.05, 0) is 6.42 Å². The largest absolute Gasteiger partial charge is 0.480 e. The van der Waals surface area contributed by atoms with Crippen LogP contribution in [-0.4, -0.2) is 21.3 Å². The van der Waals surface area contributed by atoms with E-state index in [1.807, 2.05) is 12.3 Å². The fourth-order valence-corrected chi connectivity index (χ4v) is 3.18. The molecular weight excluding hydrogens is 254 g/mol. The third kappa shape index (κ3) is 4.32. The standard InChI is InChI=1S/C12H19NO2S2/c1-5-9(10(14)15)16-6-8-7-17-11(13-8)12(2,3)4/h7,9H,5-6H2,1-4H3,(H,14,15). The predicted molar refractivity (Wildman–Crippen MR) is 73.8 cm³/mol. The van der Waals surface area contributed by atoms with Gasteiger partial charge in [0.15, 0.2) is 0 Å². The fraction of sp³-hybridized carbons (Fsp3) is 0.667. The van der Waals surface area contributed by atoms with Gasteiger partial charge < -0.3 is 5.11 Å². The Labute approximate surface area is 111 Å². The van der Waals surface area contributed by atoms with E-state index in [1.165, 1.54) is 11.8 Å². The van der Waals surface area contributed by atoms with Gasteiger partial charge in [0, 0.05) is 16.5 Å². The Morgan fingerprint density at radius 2 is 2.24 bits per heavy atom. The van der Waals surface area contributed by atoms with Crippen molar-refractivity contribution in [1.82, 2.24) is 4.98 Å². The Hall–Kier alpha value is -0.550. The molecule has 5 heteroatoms. The number of aromatic nitrogens is 1. The molecule has 0 aliphatic rings. The molecule has 0 saturated carbocycles. The van der Waals surface area contributed by atoms with Crippen LogP contribution in [0.15, 0.2) is 5.38 Å². The highest BCUT2D eigenvalue weighted by Crippen LogP contribution is 2.28. The van der Waals surface area contributed by atoms with Gasteiger partial charge in [0.1, 0.15) is 5.25 Å². The molecule has 0 saturated heterocycles. The molecule has 0 aliphatic carbocycles. The molecule has 1 N–H and O–H groups in total. The molecule has 1 rings (SSSR count). The number of aliphatic carboxylic acids is 1. The van der Waals surface area contributed by atoms with Crippen LogP contribution in [0.3, 0.4) is 0 Å². The predicted octanol–water partition coefficient (Wildman–Crippen LogP) is 3.54. The summed E-state index contributed by atoms with van der Waals surface area (Å²) in [5.41, 5.74) is 1.06. The second-order valence-corrected chi connectivity index (χ2v) is 6.99. The highest BCUT2D eigenvalue weighted by atomic mass is 32.2. The second-order valence-electron chi connectivity index (χ2n) is 4.94. The van der Waals surface area contributed by atoms with E-state index in [2.05, 4.69) is 25.8 Å². The maximum atomic E-state index is 10.9. The molecule has 0 spiro atoms. The smallest absolute Gasteiger partial charge is 0.316 e. The number of carboxylic acids is 1. The number of thioether (sulfide) groups is 1. The quantitative estimate of drug-likeness (QED) is 0.891. The molecule has 0 aliphatic heterocycles. The molecule has 1 atom stereocenters. The van der Waals surface area contributed by atoms with Crippen molar-refractivity contribution in [3.63, 3.8) is 0 Å². The fourth-order valence-electron chi connectivity index (χ4n) is 1.27. The minimum absolute atomic E-state index is 0.0739. The van der Waals surface area contributed by atoms with E-state index in [0.717, 1.165) is 10.7 Å². The first-order valence-corrected chi connectivity index (χ1v) is 7.56. The average molecular weight is 273 g/mol. The van der Waals surface area contributed by atoms with Crippen LogP contribution in [0.4, 0.5) is 0 Å². The lowest BCUT2D eigenvalue weighted by Gasteiger charge is -2.13. The van der Waals surface area contributed by atoms with Gasteiger partial charge in [-0.3, -0.25) is 4.79 Å². The summed E-state index contributed by atoms with van der Waals surface area (Å²) < 4.78 is 0. The Morgan fingerprint density at radius 3 is 2.65 bits per heavy atom. The zero-order valence-corrected chi connectivity index (χ0v) is 12.3. The number of hydrogen-bond acceptors (Lipinski definition) is 4. The van der Waals surface area contributed by atoms with Crippen molar-refractivity contribution in [3.8, 4) is 0 Å². The maximum absolute atomic E-state index is 10.9. The summed E-state index contributed by atoms with van der Waals surface area (Å²) in [6.07, 6.45) is 0.649. The summed E-state index contributed by atoms with van der Waals surface area (Å²) in [7, 11) is 0. The van der Waals surface area contributed by atoms with Gasteiger partial charge in [-0.25, -0.2) is 4.98 Å². The Morgan fingerprint density at radius 1 is 1.59 bits per heavy atom. The van der Waals surface area contributed by atoms with Crippen molar-refractivity contribution < 1.29 is 9.90 Å². The second kappa shape index (κ2) is 5.87. The van der Waals surface area contributed by atoms with Crippen molar-refractivity contribution in [2.24, 2.45) is 0 Å². The lowest BCUT2D eigenvalue weighted by atomic mass is 9.98. The molecule has 1 aromatic heterocycles. The summed E-state index contributed by atoms with van der Waals surface area (Å²) in [6.45, 7) is 8.30. The lowest BCUT2D eigenvalue weighted by Crippen LogP contribution is -2.15. The van der Waals surface area contributed by atoms with Crippen LogP contribution in [-0.2, 0) is 16.0 Å². The van der Waals surface area contributed by atoms with Crippen molar-refractivity contribution in [1.29, 1.82) is 0 Å². The number of thiazole rings is 1. The first-order valence-electron chi connectivity index (χ1n) is 5.64. The SMILES string of the molecule is CCC(SCc1csc(C(C)(C)C)n1)C(=O)O. The van der Waals surface area contributed by atoms with Crippen molar-refractivity contribution in [2.75, 3.05) is 0 Å². The zero-order valence-electron chi connectivity index (χ0n) is 10.7. The van der Waals surface area contributed by atoms with Crippen molar-refractivity contribution in [3.05, 3.63) is 16.1 Å². The number of carbonyl (C=O) groups is 1. The third-order valence-electron chi connectivity index (χ3n) is 2.27. The number of carboxylic acid groups (broad SMARTS) is 1. The first-order chi connectivity index (χ1) is 7.84. The summed E-state index contributed by atoms with van der Waals surface area (Å²) in [5.74, 6) is -0.0547. The van der Waals surface area contributed by atoms with Crippen molar-refractivity contribution >= 4 is 29.1 Å². The Kier molecular flexibility index (Phi) is 5.01. The molecule has 0 radical (unpaired) electrons. The Balaban J connectivity index is 2.58. The number of nitrogens with zero attached hydrogens (tertiary/aromatic N) is 1. The van der Waals surface area contributed by atoms with E-state index < -0.39 is 5.97 Å². The molecular formula is C12H19NO2S2. The molecule has 0 aromatic carbocycles. The molecule has 1 heterocycles. The van der Waals surface area contributed by atoms with Gasteiger partial charge >= 0.3 is 5.97 Å². The number of rotatable bonds is 5. The van der Waals surface area contributed by atoms with Crippen LogP contribution in [0.25, 0.3) is 0 Å². The normalized spacial score (nSPS) is 13.6. The molecule has 1 aromatic rings. The molecule has 0 bridgehead atoms. The molecule has 0 amide bonds. The van der Waals surface area contributed by atoms with Gasteiger partial charge in [0.25, 0.3) is 0 Å². The summed E-state index contributed by atoms with van der Waals surface area (Å²) in [6, 6.07) is 0. The summed E-state index contributed by atoms with van der Waals surface area (Å²) in [4.78, 5) is 15.4. The molecule has 0 fully saturated rings. The van der Waals surface area contributed by atoms with Crippen LogP contribution < -0.4 is 0 Å². The monoisotopic (exact) mass is 273 g/mol. The Bertz CT molecular complexity index is 382. The van der Waals surface area contributed by atoms with E-state index in [9.17, 15) is 4.79 Å². The number of hydrogen-bond donors (Lipinski definition) is 1. The summed E-state index contributed by atoms with van der Waals surface area (Å²) >= 11 is 3.10. The van der Waals surface area contributed by atoms with E-state index in [-0.39, 0.29) is 10.7 Å². The minimum atomic E-state index is -0.733. The van der Waals surface area contributed by atoms with Crippen LogP contribution in [0.1, 0.15) is 44.8 Å². The maximum Gasteiger partial charge on any atom is 0.316 e. The topological polar surface area (TPSA) is 50.2 Å². The third-order valence-corrected chi connectivity index (χ3v) is 4.99. The van der Waals surface area contributed by atoms with Crippen LogP contribution >= 0.6 is 23.1 Å². The van der Waals surface area contributed by atoms with Gasteiger partial charge in [0.05, 0.1) is 10.7 Å². The first kappa shape index (κ1) is 14.5. The van der Waals surface area contributed by atoms with Crippen LogP contribution in [0.2, 0.25) is 0 Å². The average Bonchev–Trinajstić information content (AvgIpc) is 2.66. The van der Waals surface area contributed by atoms with E-state index >= 15 is 0 Å². The van der Waals surface area contributed by atoms with Crippen LogP contribution in [0.5, 0.6) is 0 Å². The molecule has 17 heavy (non-hydrogen) atoms. The van der Waals surface area contributed by atoms with Crippen molar-refractivity contribution in [2.45, 2.75) is 50.5 Å². The van der Waals surface area contributed by atoms with E-state index in [0.29, 0.717) is 12.2 Å². The molecule has 3 nitrogen and oxygen atoms in total.